The molecule has 12 heteroatoms. The van der Waals surface area contributed by atoms with E-state index in [4.69, 9.17) is 10.5 Å². The van der Waals surface area contributed by atoms with Crippen LogP contribution in [0.15, 0.2) is 36.9 Å². The quantitative estimate of drug-likeness (QED) is 0.538. The van der Waals surface area contributed by atoms with E-state index < -0.39 is 5.91 Å². The van der Waals surface area contributed by atoms with Gasteiger partial charge in [0.2, 0.25) is 11.9 Å². The number of hydrogen-bond acceptors (Lipinski definition) is 9. The Hall–Kier alpha value is -4.06. The second kappa shape index (κ2) is 10.5. The summed E-state index contributed by atoms with van der Waals surface area (Å²) in [6, 6.07) is 6.84. The van der Waals surface area contributed by atoms with E-state index in [1.807, 2.05) is 11.9 Å². The summed E-state index contributed by atoms with van der Waals surface area (Å²) in [5.41, 5.74) is 6.53. The smallest absolute Gasteiger partial charge is 0.273 e. The van der Waals surface area contributed by atoms with Gasteiger partial charge in [-0.2, -0.15) is 4.98 Å². The van der Waals surface area contributed by atoms with E-state index >= 15 is 0 Å². The monoisotopic (exact) mass is 480 g/mol. The summed E-state index contributed by atoms with van der Waals surface area (Å²) in [6.45, 7) is 6.82. The number of morpholine rings is 1. The molecule has 12 nitrogen and oxygen atoms in total. The van der Waals surface area contributed by atoms with Crippen LogP contribution in [0.5, 0.6) is 0 Å². The number of ether oxygens (including phenoxy) is 1. The number of hydrogen-bond donors (Lipinski definition) is 2. The fourth-order valence-corrected chi connectivity index (χ4v) is 4.05. The van der Waals surface area contributed by atoms with Crippen molar-refractivity contribution >= 4 is 35.2 Å². The van der Waals surface area contributed by atoms with Crippen LogP contribution in [0.3, 0.4) is 0 Å². The molecule has 35 heavy (non-hydrogen) atoms. The molecule has 2 fully saturated rings. The predicted molar refractivity (Wildman–Crippen MR) is 128 cm³/mol. The van der Waals surface area contributed by atoms with Gasteiger partial charge in [0.1, 0.15) is 0 Å². The minimum Gasteiger partial charge on any atom is -0.378 e. The number of carbonyl (C=O) groups excluding carboxylic acids is 3. The Kier molecular flexibility index (Phi) is 7.20. The highest BCUT2D eigenvalue weighted by Gasteiger charge is 2.30. The fraction of sp³-hybridized carbons (Fsp3) is 0.391. The Morgan fingerprint density at radius 2 is 1.86 bits per heavy atom. The molecule has 3 amide bonds. The molecule has 4 rings (SSSR count). The van der Waals surface area contributed by atoms with Crippen LogP contribution >= 0.6 is 0 Å². The minimum absolute atomic E-state index is 0.0153. The van der Waals surface area contributed by atoms with Crippen molar-refractivity contribution in [2.75, 3.05) is 56.7 Å². The van der Waals surface area contributed by atoms with E-state index in [0.717, 1.165) is 6.42 Å². The van der Waals surface area contributed by atoms with Gasteiger partial charge in [-0.25, -0.2) is 0 Å². The maximum Gasteiger partial charge on any atom is 0.273 e. The molecular weight excluding hydrogens is 452 g/mol. The Balaban J connectivity index is 1.50. The third-order valence-corrected chi connectivity index (χ3v) is 6.11. The van der Waals surface area contributed by atoms with E-state index in [1.54, 1.807) is 34.1 Å². The number of likely N-dealkylation sites (tertiary alicyclic amines) is 1. The summed E-state index contributed by atoms with van der Waals surface area (Å²) in [7, 11) is 1.81. The van der Waals surface area contributed by atoms with Crippen molar-refractivity contribution in [3.8, 4) is 0 Å². The number of benzene rings is 1. The Labute approximate surface area is 202 Å². The van der Waals surface area contributed by atoms with Crippen LogP contribution < -0.4 is 16.0 Å². The number of primary amides is 1. The molecule has 1 unspecified atom stereocenters. The molecular formula is C23H28N8O4. The largest absolute Gasteiger partial charge is 0.378 e. The molecule has 1 aromatic heterocycles. The van der Waals surface area contributed by atoms with E-state index in [9.17, 15) is 14.4 Å². The van der Waals surface area contributed by atoms with Crippen molar-refractivity contribution in [3.05, 3.63) is 48.2 Å². The molecule has 2 saturated heterocycles. The summed E-state index contributed by atoms with van der Waals surface area (Å²) in [4.78, 5) is 46.3. The van der Waals surface area contributed by atoms with E-state index in [2.05, 4.69) is 27.1 Å². The molecule has 0 spiro atoms. The topological polar surface area (TPSA) is 147 Å². The van der Waals surface area contributed by atoms with Gasteiger partial charge in [-0.3, -0.25) is 14.4 Å². The first kappa shape index (κ1) is 24.1. The molecule has 0 aliphatic carbocycles. The molecule has 2 aliphatic heterocycles. The molecule has 1 atom stereocenters. The van der Waals surface area contributed by atoms with Gasteiger partial charge in [-0.1, -0.05) is 6.58 Å². The summed E-state index contributed by atoms with van der Waals surface area (Å²) in [6.07, 6.45) is 2.03. The van der Waals surface area contributed by atoms with Crippen LogP contribution in [0, 0.1) is 0 Å². The third-order valence-electron chi connectivity index (χ3n) is 6.11. The van der Waals surface area contributed by atoms with Crippen molar-refractivity contribution in [2.45, 2.75) is 12.5 Å². The number of nitrogens with zero attached hydrogens (tertiary/aromatic N) is 6. The highest BCUT2D eigenvalue weighted by molar-refractivity contribution is 5.97. The van der Waals surface area contributed by atoms with Crippen molar-refractivity contribution < 1.29 is 19.1 Å². The van der Waals surface area contributed by atoms with Crippen LogP contribution in [-0.2, 0) is 9.53 Å². The van der Waals surface area contributed by atoms with Gasteiger partial charge < -0.3 is 30.5 Å². The van der Waals surface area contributed by atoms with Gasteiger partial charge in [0, 0.05) is 44.5 Å². The van der Waals surface area contributed by atoms with Gasteiger partial charge >= 0.3 is 0 Å². The number of likely N-dealkylation sites (N-methyl/N-ethyl adjacent to an activating group) is 1. The van der Waals surface area contributed by atoms with Gasteiger partial charge in [0.15, 0.2) is 11.5 Å². The van der Waals surface area contributed by atoms with Gasteiger partial charge in [-0.15, -0.1) is 10.2 Å². The number of anilines is 3. The zero-order valence-corrected chi connectivity index (χ0v) is 19.5. The molecule has 2 aliphatic rings. The third kappa shape index (κ3) is 5.38. The minimum atomic E-state index is -0.774. The molecule has 184 valence electrons. The number of carbonyl (C=O) groups is 3. The van der Waals surface area contributed by atoms with Gasteiger partial charge in [0.25, 0.3) is 11.8 Å². The predicted octanol–water partition coefficient (Wildman–Crippen LogP) is 0.410. The summed E-state index contributed by atoms with van der Waals surface area (Å²) in [5.74, 6) is -0.523. The Morgan fingerprint density at radius 1 is 1.14 bits per heavy atom. The first-order valence-corrected chi connectivity index (χ1v) is 11.3. The van der Waals surface area contributed by atoms with Crippen LogP contribution in [-0.4, -0.2) is 95.2 Å². The Morgan fingerprint density at radius 3 is 2.51 bits per heavy atom. The summed E-state index contributed by atoms with van der Waals surface area (Å²) >= 11 is 0. The van der Waals surface area contributed by atoms with E-state index in [-0.39, 0.29) is 35.3 Å². The zero-order chi connectivity index (χ0) is 24.9. The van der Waals surface area contributed by atoms with Crippen LogP contribution in [0.25, 0.3) is 0 Å². The number of aromatic nitrogens is 3. The number of amides is 3. The SMILES string of the molecule is C=CC(=O)N1CCC(N(C)c2nnc(C(N)=O)c(Nc3ccc(C(=O)N4CCOCC4)cc3)n2)C1. The Bertz CT molecular complexity index is 1120. The van der Waals surface area contributed by atoms with E-state index in [0.29, 0.717) is 50.6 Å². The standard InChI is InChI=1S/C23H28N8O4/c1-3-18(32)31-9-8-17(14-31)29(2)23-26-21(19(20(24)33)27-28-23)25-16-6-4-15(5-7-16)22(34)30-10-12-35-13-11-30/h3-7,17H,1,8-14H2,2H3,(H2,24,33)(H,25,26,28). The lowest BCUT2D eigenvalue weighted by atomic mass is 10.1. The highest BCUT2D eigenvalue weighted by Crippen LogP contribution is 2.23. The van der Waals surface area contributed by atoms with Crippen molar-refractivity contribution in [1.82, 2.24) is 25.0 Å². The van der Waals surface area contributed by atoms with Gasteiger partial charge in [0.05, 0.1) is 19.3 Å². The van der Waals surface area contributed by atoms with Crippen molar-refractivity contribution in [2.24, 2.45) is 5.73 Å². The highest BCUT2D eigenvalue weighted by atomic mass is 16.5. The van der Waals surface area contributed by atoms with Gasteiger partial charge in [-0.05, 0) is 36.8 Å². The van der Waals surface area contributed by atoms with Crippen LogP contribution in [0.1, 0.15) is 27.3 Å². The van der Waals surface area contributed by atoms with E-state index in [1.165, 1.54) is 6.08 Å². The molecule has 2 aromatic rings. The molecule has 0 bridgehead atoms. The second-order valence-corrected chi connectivity index (χ2v) is 8.32. The summed E-state index contributed by atoms with van der Waals surface area (Å²) in [5, 5.41) is 11.1. The second-order valence-electron chi connectivity index (χ2n) is 8.32. The maximum atomic E-state index is 12.7. The normalized spacial score (nSPS) is 17.7. The van der Waals surface area contributed by atoms with Crippen molar-refractivity contribution in [1.29, 1.82) is 0 Å². The lowest BCUT2D eigenvalue weighted by molar-refractivity contribution is -0.125. The molecule has 3 N–H and O–H groups in total. The lowest BCUT2D eigenvalue weighted by Gasteiger charge is -2.27. The molecule has 0 radical (unpaired) electrons. The van der Waals surface area contributed by atoms with Crippen LogP contribution in [0.2, 0.25) is 0 Å². The summed E-state index contributed by atoms with van der Waals surface area (Å²) < 4.78 is 5.30. The number of rotatable bonds is 7. The average Bonchev–Trinajstić information content (AvgIpc) is 3.38. The first-order valence-electron chi connectivity index (χ1n) is 11.3. The average molecular weight is 481 g/mol. The van der Waals surface area contributed by atoms with Crippen LogP contribution in [0.4, 0.5) is 17.5 Å². The zero-order valence-electron chi connectivity index (χ0n) is 19.5. The maximum absolute atomic E-state index is 12.7. The van der Waals surface area contributed by atoms with Crippen molar-refractivity contribution in [3.63, 3.8) is 0 Å². The molecule has 3 heterocycles. The lowest BCUT2D eigenvalue weighted by Crippen LogP contribution is -2.40. The molecule has 1 aromatic carbocycles. The molecule has 0 saturated carbocycles. The first-order chi connectivity index (χ1) is 16.9. The number of nitrogens with two attached hydrogens (primary N) is 1. The fourth-order valence-electron chi connectivity index (χ4n) is 4.05. The number of nitrogens with one attached hydrogen (secondary N) is 1.